The highest BCUT2D eigenvalue weighted by atomic mass is 35.5. The Balaban J connectivity index is 1.53. The zero-order valence-electron chi connectivity index (χ0n) is 15.3. The molecule has 0 amide bonds. The van der Waals surface area contributed by atoms with Crippen molar-refractivity contribution in [2.24, 2.45) is 0 Å². The lowest BCUT2D eigenvalue weighted by Gasteiger charge is -2.07. The van der Waals surface area contributed by atoms with E-state index in [1.807, 2.05) is 30.3 Å². The van der Waals surface area contributed by atoms with Crippen LogP contribution >= 0.6 is 11.6 Å². The van der Waals surface area contributed by atoms with Crippen LogP contribution in [0.15, 0.2) is 58.2 Å². The molecule has 1 aliphatic carbocycles. The smallest absolute Gasteiger partial charge is 0.272 e. The number of hydrogen-bond acceptors (Lipinski definition) is 4. The molecule has 4 rings (SSSR count). The van der Waals surface area contributed by atoms with Crippen LogP contribution in [-0.4, -0.2) is 29.3 Å². The first-order valence-corrected chi connectivity index (χ1v) is 10.9. The Kier molecular flexibility index (Phi) is 5.28. The number of benzene rings is 2. The molecule has 1 saturated carbocycles. The minimum absolute atomic E-state index is 0.0485. The summed E-state index contributed by atoms with van der Waals surface area (Å²) >= 11 is 5.66. The van der Waals surface area contributed by atoms with E-state index in [0.717, 1.165) is 36.6 Å². The van der Waals surface area contributed by atoms with Crippen LogP contribution in [0.25, 0.3) is 11.4 Å². The summed E-state index contributed by atoms with van der Waals surface area (Å²) in [6.45, 7) is 0.0136. The van der Waals surface area contributed by atoms with Gasteiger partial charge in [-0.2, -0.15) is 0 Å². The number of sulfonamides is 1. The largest absolute Gasteiger partial charge is 0.346 e. The summed E-state index contributed by atoms with van der Waals surface area (Å²) in [5, 5.41) is 4.14. The maximum absolute atomic E-state index is 13.3. The monoisotopic (exact) mass is 436 g/mol. The third-order valence-electron chi connectivity index (χ3n) is 4.63. The van der Waals surface area contributed by atoms with Gasteiger partial charge in [0.1, 0.15) is 5.82 Å². The highest BCUT2D eigenvalue weighted by Crippen LogP contribution is 2.36. The van der Waals surface area contributed by atoms with Crippen LogP contribution in [0.5, 0.6) is 0 Å². The molecule has 7 nitrogen and oxygen atoms in total. The summed E-state index contributed by atoms with van der Waals surface area (Å²) in [6.07, 6.45) is 1.84. The molecule has 1 N–H and O–H groups in total. The molecule has 3 aromatic rings. The van der Waals surface area contributed by atoms with Gasteiger partial charge in [-0.15, -0.1) is 5.10 Å². The summed E-state index contributed by atoms with van der Waals surface area (Å²) in [7, 11) is -3.89. The fourth-order valence-electron chi connectivity index (χ4n) is 3.03. The van der Waals surface area contributed by atoms with Crippen LogP contribution < -0.4 is 10.4 Å². The Hall–Kier alpha value is -2.49. The van der Waals surface area contributed by atoms with Crippen molar-refractivity contribution < 1.29 is 12.8 Å². The van der Waals surface area contributed by atoms with Gasteiger partial charge in [-0.3, -0.25) is 4.57 Å². The van der Waals surface area contributed by atoms with Crippen LogP contribution in [-0.2, 0) is 16.6 Å². The first-order valence-electron chi connectivity index (χ1n) is 9.06. The Morgan fingerprint density at radius 1 is 1.17 bits per heavy atom. The van der Waals surface area contributed by atoms with Crippen LogP contribution in [0.1, 0.15) is 18.9 Å². The molecule has 0 spiro atoms. The molecule has 0 aliphatic heterocycles. The van der Waals surface area contributed by atoms with Gasteiger partial charge in [-0.25, -0.2) is 27.0 Å². The van der Waals surface area contributed by atoms with Crippen molar-refractivity contribution in [1.29, 1.82) is 0 Å². The third kappa shape index (κ3) is 4.12. The van der Waals surface area contributed by atoms with E-state index >= 15 is 0 Å². The van der Waals surface area contributed by atoms with Crippen molar-refractivity contribution in [1.82, 2.24) is 19.1 Å². The van der Waals surface area contributed by atoms with Crippen LogP contribution in [0.4, 0.5) is 4.39 Å². The molecule has 1 fully saturated rings. The molecule has 29 heavy (non-hydrogen) atoms. The molecule has 0 saturated heterocycles. The molecule has 1 aliphatic rings. The highest BCUT2D eigenvalue weighted by molar-refractivity contribution is 7.89. The Bertz CT molecular complexity index is 1200. The number of nitrogens with zero attached hydrogens (tertiary/aromatic N) is 3. The van der Waals surface area contributed by atoms with Crippen LogP contribution in [0, 0.1) is 5.82 Å². The van der Waals surface area contributed by atoms with E-state index in [-0.39, 0.29) is 34.7 Å². The fraction of sp³-hybridized carbons (Fsp3) is 0.263. The van der Waals surface area contributed by atoms with E-state index in [4.69, 9.17) is 11.6 Å². The first kappa shape index (κ1) is 19.8. The minimum Gasteiger partial charge on any atom is -0.272 e. The predicted molar refractivity (Wildman–Crippen MR) is 107 cm³/mol. The summed E-state index contributed by atoms with van der Waals surface area (Å²) in [4.78, 5) is 12.6. The average molecular weight is 437 g/mol. The van der Waals surface area contributed by atoms with Crippen molar-refractivity contribution in [3.05, 3.63) is 69.9 Å². The van der Waals surface area contributed by atoms with Crippen molar-refractivity contribution in [3.8, 4) is 11.4 Å². The van der Waals surface area contributed by atoms with E-state index in [1.165, 1.54) is 4.68 Å². The third-order valence-corrected chi connectivity index (χ3v) is 6.38. The van der Waals surface area contributed by atoms with Gasteiger partial charge in [0.15, 0.2) is 5.82 Å². The molecule has 152 valence electrons. The number of hydrogen-bond donors (Lipinski definition) is 1. The van der Waals surface area contributed by atoms with Gasteiger partial charge in [-0.1, -0.05) is 41.9 Å². The van der Waals surface area contributed by atoms with E-state index in [2.05, 4.69) is 9.82 Å². The fourth-order valence-corrected chi connectivity index (χ4v) is 4.32. The zero-order chi connectivity index (χ0) is 20.6. The molecular weight excluding hydrogens is 419 g/mol. The maximum Gasteiger partial charge on any atom is 0.346 e. The van der Waals surface area contributed by atoms with Gasteiger partial charge < -0.3 is 0 Å². The predicted octanol–water partition coefficient (Wildman–Crippen LogP) is 2.82. The summed E-state index contributed by atoms with van der Waals surface area (Å²) in [6, 6.07) is 12.7. The molecule has 0 unspecified atom stereocenters. The van der Waals surface area contributed by atoms with E-state index in [1.54, 1.807) is 4.57 Å². The van der Waals surface area contributed by atoms with Gasteiger partial charge in [0.2, 0.25) is 10.0 Å². The molecule has 0 atom stereocenters. The van der Waals surface area contributed by atoms with Gasteiger partial charge in [0.05, 0.1) is 16.5 Å². The topological polar surface area (TPSA) is 86.0 Å². The van der Waals surface area contributed by atoms with Crippen molar-refractivity contribution in [2.75, 3.05) is 6.54 Å². The lowest BCUT2D eigenvalue weighted by atomic mass is 10.2. The number of rotatable bonds is 7. The SMILES string of the molecule is O=c1n(CCNS(=O)(=O)c2ccc(F)c(Cl)c2)nc(-c2ccccc2)n1C1CC1. The van der Waals surface area contributed by atoms with Gasteiger partial charge in [0, 0.05) is 18.2 Å². The number of aromatic nitrogens is 3. The summed E-state index contributed by atoms with van der Waals surface area (Å²) in [5.41, 5.74) is 0.562. The summed E-state index contributed by atoms with van der Waals surface area (Å²) < 4.78 is 43.3. The molecule has 0 bridgehead atoms. The van der Waals surface area contributed by atoms with E-state index in [0.29, 0.717) is 5.82 Å². The standard InChI is InChI=1S/C19H18ClFN4O3S/c20-16-12-15(8-9-17(16)21)29(27,28)22-10-11-24-19(26)25(14-6-7-14)18(23-24)13-4-2-1-3-5-13/h1-5,8-9,12,14,22H,6-7,10-11H2. The Morgan fingerprint density at radius 2 is 1.90 bits per heavy atom. The molecule has 2 aromatic carbocycles. The Morgan fingerprint density at radius 3 is 2.55 bits per heavy atom. The molecule has 0 radical (unpaired) electrons. The Labute approximate surface area is 171 Å². The van der Waals surface area contributed by atoms with E-state index in [9.17, 15) is 17.6 Å². The van der Waals surface area contributed by atoms with Crippen LogP contribution in [0.2, 0.25) is 5.02 Å². The molecule has 1 heterocycles. The molecule has 10 heteroatoms. The maximum atomic E-state index is 13.3. The molecule has 1 aromatic heterocycles. The number of nitrogens with one attached hydrogen (secondary N) is 1. The first-order chi connectivity index (χ1) is 13.9. The van der Waals surface area contributed by atoms with Crippen molar-refractivity contribution in [2.45, 2.75) is 30.3 Å². The van der Waals surface area contributed by atoms with E-state index < -0.39 is 15.8 Å². The normalized spacial score (nSPS) is 14.3. The number of halogens is 2. The van der Waals surface area contributed by atoms with Crippen molar-refractivity contribution in [3.63, 3.8) is 0 Å². The van der Waals surface area contributed by atoms with Gasteiger partial charge in [-0.05, 0) is 31.0 Å². The van der Waals surface area contributed by atoms with Gasteiger partial charge >= 0.3 is 5.69 Å². The zero-order valence-corrected chi connectivity index (χ0v) is 16.8. The quantitative estimate of drug-likeness (QED) is 0.617. The molecular formula is C19H18ClFN4O3S. The highest BCUT2D eigenvalue weighted by Gasteiger charge is 2.30. The van der Waals surface area contributed by atoms with Crippen molar-refractivity contribution >= 4 is 21.6 Å². The van der Waals surface area contributed by atoms with Crippen LogP contribution in [0.3, 0.4) is 0 Å². The second-order valence-corrected chi connectivity index (χ2v) is 8.94. The summed E-state index contributed by atoms with van der Waals surface area (Å²) in [5.74, 6) is -0.123. The lowest BCUT2D eigenvalue weighted by molar-refractivity contribution is 0.546. The second-order valence-electron chi connectivity index (χ2n) is 6.77. The lowest BCUT2D eigenvalue weighted by Crippen LogP contribution is -2.32. The van der Waals surface area contributed by atoms with Gasteiger partial charge in [0.25, 0.3) is 0 Å². The average Bonchev–Trinajstić information content (AvgIpc) is 3.48. The minimum atomic E-state index is -3.89. The second kappa shape index (κ2) is 7.74.